The van der Waals surface area contributed by atoms with Gasteiger partial charge in [0.2, 0.25) is 5.91 Å². The van der Waals surface area contributed by atoms with Crippen LogP contribution in [0.15, 0.2) is 18.3 Å². The zero-order chi connectivity index (χ0) is 17.0. The third-order valence-electron chi connectivity index (χ3n) is 4.21. The Morgan fingerprint density at radius 3 is 2.78 bits per heavy atom. The molecular formula is C17H23N3O3. The van der Waals surface area contributed by atoms with Crippen LogP contribution in [0.25, 0.3) is 0 Å². The first-order chi connectivity index (χ1) is 11.0. The highest BCUT2D eigenvalue weighted by Gasteiger charge is 2.35. The molecule has 0 aromatic carbocycles. The number of aldehydes is 1. The molecular weight excluding hydrogens is 294 g/mol. The molecule has 23 heavy (non-hydrogen) atoms. The van der Waals surface area contributed by atoms with Crippen molar-refractivity contribution in [1.82, 2.24) is 15.2 Å². The van der Waals surface area contributed by atoms with E-state index in [1.54, 1.807) is 30.2 Å². The third kappa shape index (κ3) is 3.75. The smallest absolute Gasteiger partial charge is 0.253 e. The lowest BCUT2D eigenvalue weighted by Gasteiger charge is -2.29. The Morgan fingerprint density at radius 1 is 1.43 bits per heavy atom. The van der Waals surface area contributed by atoms with E-state index in [1.807, 2.05) is 13.8 Å². The van der Waals surface area contributed by atoms with Crippen molar-refractivity contribution in [3.05, 3.63) is 29.6 Å². The summed E-state index contributed by atoms with van der Waals surface area (Å²) in [6, 6.07) is 2.35. The standard InChI is InChI=1S/C17H23N3O3/c1-11(2)15(17(23)20-9-5-6-13(20)10-21)19-16(22)14-7-4-8-18-12(14)3/h4,7-8,10-11,13,15H,5-6,9H2,1-3H3,(H,19,22)/t13-,15-/m0/s1. The molecule has 1 aromatic rings. The Kier molecular flexibility index (Phi) is 5.47. The number of nitrogens with one attached hydrogen (secondary N) is 1. The van der Waals surface area contributed by atoms with Crippen LogP contribution in [0.3, 0.4) is 0 Å². The highest BCUT2D eigenvalue weighted by Crippen LogP contribution is 2.19. The van der Waals surface area contributed by atoms with Crippen molar-refractivity contribution >= 4 is 18.1 Å². The van der Waals surface area contributed by atoms with Crippen LogP contribution in [0.5, 0.6) is 0 Å². The maximum absolute atomic E-state index is 12.7. The fourth-order valence-corrected chi connectivity index (χ4v) is 2.84. The second kappa shape index (κ2) is 7.35. The van der Waals surface area contributed by atoms with Gasteiger partial charge in [-0.05, 0) is 37.8 Å². The zero-order valence-electron chi connectivity index (χ0n) is 13.8. The summed E-state index contributed by atoms with van der Waals surface area (Å²) in [5.74, 6) is -0.578. The molecule has 6 nitrogen and oxygen atoms in total. The topological polar surface area (TPSA) is 79.4 Å². The molecule has 0 saturated carbocycles. The Balaban J connectivity index is 2.16. The molecule has 2 atom stereocenters. The van der Waals surface area contributed by atoms with Crippen molar-refractivity contribution < 1.29 is 14.4 Å². The van der Waals surface area contributed by atoms with E-state index in [9.17, 15) is 14.4 Å². The number of rotatable bonds is 5. The Bertz CT molecular complexity index is 601. The van der Waals surface area contributed by atoms with Gasteiger partial charge in [0.1, 0.15) is 12.3 Å². The van der Waals surface area contributed by atoms with E-state index >= 15 is 0 Å². The van der Waals surface area contributed by atoms with Crippen molar-refractivity contribution in [3.63, 3.8) is 0 Å². The number of nitrogens with zero attached hydrogens (tertiary/aromatic N) is 2. The van der Waals surface area contributed by atoms with Crippen molar-refractivity contribution in [1.29, 1.82) is 0 Å². The van der Waals surface area contributed by atoms with Crippen molar-refractivity contribution in [2.45, 2.75) is 45.7 Å². The predicted molar refractivity (Wildman–Crippen MR) is 85.9 cm³/mol. The fraction of sp³-hybridized carbons (Fsp3) is 0.529. The lowest BCUT2D eigenvalue weighted by molar-refractivity contribution is -0.137. The molecule has 0 radical (unpaired) electrons. The number of carbonyl (C=O) groups excluding carboxylic acids is 3. The summed E-state index contributed by atoms with van der Waals surface area (Å²) in [5, 5.41) is 2.81. The van der Waals surface area contributed by atoms with Gasteiger partial charge in [-0.15, -0.1) is 0 Å². The lowest BCUT2D eigenvalue weighted by atomic mass is 10.0. The zero-order valence-corrected chi connectivity index (χ0v) is 13.8. The predicted octanol–water partition coefficient (Wildman–Crippen LogP) is 1.33. The van der Waals surface area contributed by atoms with Crippen LogP contribution in [0.2, 0.25) is 0 Å². The molecule has 0 spiro atoms. The average molecular weight is 317 g/mol. The molecule has 1 aliphatic rings. The van der Waals surface area contributed by atoms with Gasteiger partial charge < -0.3 is 15.0 Å². The minimum atomic E-state index is -0.650. The first-order valence-corrected chi connectivity index (χ1v) is 7.94. The summed E-state index contributed by atoms with van der Waals surface area (Å²) >= 11 is 0. The number of carbonyl (C=O) groups is 3. The van der Waals surface area contributed by atoms with Gasteiger partial charge in [-0.3, -0.25) is 14.6 Å². The lowest BCUT2D eigenvalue weighted by Crippen LogP contribution is -2.52. The van der Waals surface area contributed by atoms with Gasteiger partial charge in [0.15, 0.2) is 0 Å². The Hall–Kier alpha value is -2.24. The van der Waals surface area contributed by atoms with E-state index in [4.69, 9.17) is 0 Å². The van der Waals surface area contributed by atoms with Gasteiger partial charge in [-0.1, -0.05) is 13.8 Å². The van der Waals surface area contributed by atoms with Crippen LogP contribution in [0, 0.1) is 12.8 Å². The number of pyridine rings is 1. The van der Waals surface area contributed by atoms with Crippen LogP contribution in [0.4, 0.5) is 0 Å². The number of aryl methyl sites for hydroxylation is 1. The summed E-state index contributed by atoms with van der Waals surface area (Å²) < 4.78 is 0. The largest absolute Gasteiger partial charge is 0.340 e. The van der Waals surface area contributed by atoms with Gasteiger partial charge >= 0.3 is 0 Å². The monoisotopic (exact) mass is 317 g/mol. The summed E-state index contributed by atoms with van der Waals surface area (Å²) in [4.78, 5) is 42.0. The second-order valence-corrected chi connectivity index (χ2v) is 6.21. The molecule has 1 aliphatic heterocycles. The molecule has 0 aliphatic carbocycles. The van der Waals surface area contributed by atoms with Gasteiger partial charge in [0, 0.05) is 18.4 Å². The number of likely N-dealkylation sites (tertiary alicyclic amines) is 1. The first kappa shape index (κ1) is 17.1. The van der Waals surface area contributed by atoms with Crippen LogP contribution >= 0.6 is 0 Å². The van der Waals surface area contributed by atoms with E-state index in [2.05, 4.69) is 10.3 Å². The number of hydrogen-bond acceptors (Lipinski definition) is 4. The first-order valence-electron chi connectivity index (χ1n) is 7.94. The van der Waals surface area contributed by atoms with E-state index in [-0.39, 0.29) is 23.8 Å². The van der Waals surface area contributed by atoms with E-state index in [0.717, 1.165) is 12.7 Å². The van der Waals surface area contributed by atoms with E-state index in [1.165, 1.54) is 0 Å². The molecule has 2 rings (SSSR count). The quantitative estimate of drug-likeness (QED) is 0.831. The van der Waals surface area contributed by atoms with Gasteiger partial charge in [0.25, 0.3) is 5.91 Å². The number of aromatic nitrogens is 1. The second-order valence-electron chi connectivity index (χ2n) is 6.21. The SMILES string of the molecule is Cc1ncccc1C(=O)N[C@H](C(=O)N1CCC[C@H]1C=O)C(C)C. The molecule has 1 fully saturated rings. The summed E-state index contributed by atoms with van der Waals surface area (Å²) in [5.41, 5.74) is 1.08. The van der Waals surface area contributed by atoms with Crippen molar-refractivity contribution in [2.24, 2.45) is 5.92 Å². The highest BCUT2D eigenvalue weighted by atomic mass is 16.2. The molecule has 1 aromatic heterocycles. The molecule has 2 amide bonds. The average Bonchev–Trinajstić information content (AvgIpc) is 3.00. The summed E-state index contributed by atoms with van der Waals surface area (Å²) in [6.07, 6.45) is 3.94. The highest BCUT2D eigenvalue weighted by molar-refractivity contribution is 5.98. The van der Waals surface area contributed by atoms with Crippen molar-refractivity contribution in [2.75, 3.05) is 6.54 Å². The molecule has 6 heteroatoms. The number of amides is 2. The summed E-state index contributed by atoms with van der Waals surface area (Å²) in [7, 11) is 0. The third-order valence-corrected chi connectivity index (χ3v) is 4.21. The van der Waals surface area contributed by atoms with Gasteiger partial charge in [-0.25, -0.2) is 0 Å². The molecule has 2 heterocycles. The van der Waals surface area contributed by atoms with Crippen molar-refractivity contribution in [3.8, 4) is 0 Å². The van der Waals surface area contributed by atoms with Crippen LogP contribution in [0.1, 0.15) is 42.7 Å². The number of hydrogen-bond donors (Lipinski definition) is 1. The van der Waals surface area contributed by atoms with E-state index < -0.39 is 6.04 Å². The maximum atomic E-state index is 12.7. The fourth-order valence-electron chi connectivity index (χ4n) is 2.84. The molecule has 1 saturated heterocycles. The maximum Gasteiger partial charge on any atom is 0.253 e. The van der Waals surface area contributed by atoms with Crippen LogP contribution in [-0.4, -0.2) is 46.6 Å². The minimum absolute atomic E-state index is 0.0728. The molecule has 0 bridgehead atoms. The van der Waals surface area contributed by atoms with Crippen LogP contribution < -0.4 is 5.32 Å². The molecule has 0 unspecified atom stereocenters. The molecule has 124 valence electrons. The Morgan fingerprint density at radius 2 is 2.17 bits per heavy atom. The Labute approximate surface area is 136 Å². The van der Waals surface area contributed by atoms with Crippen LogP contribution in [-0.2, 0) is 9.59 Å². The molecule has 1 N–H and O–H groups in total. The normalized spacial score (nSPS) is 18.8. The van der Waals surface area contributed by atoms with E-state index in [0.29, 0.717) is 24.2 Å². The van der Waals surface area contributed by atoms with Gasteiger partial charge in [-0.2, -0.15) is 0 Å². The minimum Gasteiger partial charge on any atom is -0.340 e. The summed E-state index contributed by atoms with van der Waals surface area (Å²) in [6.45, 7) is 6.08. The van der Waals surface area contributed by atoms with Gasteiger partial charge in [0.05, 0.1) is 11.6 Å².